The van der Waals surface area contributed by atoms with E-state index in [1.807, 2.05) is 56.9 Å². The molecule has 4 atom stereocenters. The van der Waals surface area contributed by atoms with E-state index in [0.29, 0.717) is 19.0 Å². The van der Waals surface area contributed by atoms with Crippen molar-refractivity contribution in [1.82, 2.24) is 10.2 Å². The molecule has 190 valence electrons. The predicted octanol–water partition coefficient (Wildman–Crippen LogP) is 5.40. The third-order valence-electron chi connectivity index (χ3n) is 7.02. The molecule has 0 spiro atoms. The van der Waals surface area contributed by atoms with Crippen LogP contribution < -0.4 is 5.32 Å². The van der Waals surface area contributed by atoms with E-state index >= 15 is 0 Å². The number of nitrogens with zero attached hydrogens (tertiary/aromatic N) is 1. The Bertz CT molecular complexity index is 905. The quantitative estimate of drug-likeness (QED) is 0.599. The van der Waals surface area contributed by atoms with E-state index < -0.39 is 6.04 Å². The summed E-state index contributed by atoms with van der Waals surface area (Å²) in [5, 5.41) is 3.83. The Kier molecular flexibility index (Phi) is 10.6. The molecule has 2 amide bonds. The summed E-state index contributed by atoms with van der Waals surface area (Å²) in [4.78, 5) is 28.6. The number of carbonyl (C=O) groups excluding carboxylic acids is 2. The van der Waals surface area contributed by atoms with E-state index in [1.54, 1.807) is 0 Å². The van der Waals surface area contributed by atoms with E-state index in [2.05, 4.69) is 37.4 Å². The Balaban J connectivity index is 0.00000289. The molecule has 1 aromatic carbocycles. The van der Waals surface area contributed by atoms with Gasteiger partial charge in [0.1, 0.15) is 6.04 Å². The largest absolute Gasteiger partial charge is 0.412 e. The number of likely N-dealkylation sites (tertiary alicyclic amines) is 1. The lowest BCUT2D eigenvalue weighted by Crippen LogP contribution is -2.56. The summed E-state index contributed by atoms with van der Waals surface area (Å²) in [6, 6.07) is 7.55. The number of halogens is 1. The maximum Gasteiger partial charge on any atom is 0.245 e. The van der Waals surface area contributed by atoms with Gasteiger partial charge < -0.3 is 15.7 Å². The molecule has 1 aromatic rings. The fourth-order valence-corrected chi connectivity index (χ4v) is 5.17. The van der Waals surface area contributed by atoms with Crippen LogP contribution >= 0.6 is 11.6 Å². The maximum atomic E-state index is 13.5. The van der Waals surface area contributed by atoms with Gasteiger partial charge in [0.2, 0.25) is 11.8 Å². The molecule has 1 heterocycles. The molecule has 3 N–H and O–H groups in total. The second kappa shape index (κ2) is 12.0. The Labute approximate surface area is 210 Å². The zero-order valence-electron chi connectivity index (χ0n) is 20.7. The number of carbonyl (C=O) groups is 2. The van der Waals surface area contributed by atoms with Crippen molar-refractivity contribution in [3.63, 3.8) is 0 Å². The van der Waals surface area contributed by atoms with Gasteiger partial charge in [0, 0.05) is 18.1 Å². The number of piperidine rings is 1. The van der Waals surface area contributed by atoms with Crippen molar-refractivity contribution >= 4 is 23.4 Å². The molecule has 0 aromatic heterocycles. The van der Waals surface area contributed by atoms with Gasteiger partial charge in [-0.3, -0.25) is 9.59 Å². The molecule has 0 radical (unpaired) electrons. The van der Waals surface area contributed by atoms with Crippen LogP contribution in [0, 0.1) is 23.2 Å². The normalized spacial score (nSPS) is 24.4. The average molecular weight is 491 g/mol. The third kappa shape index (κ3) is 6.73. The van der Waals surface area contributed by atoms with Crippen LogP contribution in [0.3, 0.4) is 0 Å². The molecule has 34 heavy (non-hydrogen) atoms. The van der Waals surface area contributed by atoms with Crippen LogP contribution in [-0.4, -0.2) is 41.3 Å². The van der Waals surface area contributed by atoms with E-state index in [0.717, 1.165) is 17.0 Å². The summed E-state index contributed by atoms with van der Waals surface area (Å²) in [7, 11) is 0. The van der Waals surface area contributed by atoms with Gasteiger partial charge in [0.25, 0.3) is 0 Å². The van der Waals surface area contributed by atoms with Crippen LogP contribution in [0.5, 0.6) is 0 Å². The summed E-state index contributed by atoms with van der Waals surface area (Å²) in [6.07, 6.45) is 7.01. The van der Waals surface area contributed by atoms with Crippen molar-refractivity contribution in [2.75, 3.05) is 13.1 Å². The summed E-state index contributed by atoms with van der Waals surface area (Å²) in [6.45, 7) is 13.8. The van der Waals surface area contributed by atoms with E-state index in [1.165, 1.54) is 5.56 Å². The zero-order chi connectivity index (χ0) is 23.6. The van der Waals surface area contributed by atoms with E-state index in [9.17, 15) is 9.59 Å². The third-order valence-corrected chi connectivity index (χ3v) is 7.27. The molecule has 0 saturated carbocycles. The first-order valence-corrected chi connectivity index (χ1v) is 12.1. The molecule has 5 nitrogen and oxygen atoms in total. The monoisotopic (exact) mass is 490 g/mol. The van der Waals surface area contributed by atoms with Crippen molar-refractivity contribution < 1.29 is 15.1 Å². The van der Waals surface area contributed by atoms with Gasteiger partial charge >= 0.3 is 0 Å². The fraction of sp³-hybridized carbons (Fsp3) is 0.571. The predicted molar refractivity (Wildman–Crippen MR) is 142 cm³/mol. The fourth-order valence-electron chi connectivity index (χ4n) is 5.05. The Hall–Kier alpha value is -2.11. The van der Waals surface area contributed by atoms with Crippen molar-refractivity contribution in [3.8, 4) is 0 Å². The first-order chi connectivity index (χ1) is 15.0. The topological polar surface area (TPSA) is 80.9 Å². The second-order valence-corrected chi connectivity index (χ2v) is 11.0. The highest BCUT2D eigenvalue weighted by atomic mass is 35.5. The molecule has 0 bridgehead atoms. The van der Waals surface area contributed by atoms with Crippen molar-refractivity contribution in [2.45, 2.75) is 67.3 Å². The molecular weight excluding hydrogens is 448 g/mol. The molecule has 6 heteroatoms. The lowest BCUT2D eigenvalue weighted by atomic mass is 9.70. The van der Waals surface area contributed by atoms with Gasteiger partial charge in [-0.25, -0.2) is 0 Å². The van der Waals surface area contributed by atoms with Crippen LogP contribution in [0.2, 0.25) is 5.02 Å². The summed E-state index contributed by atoms with van der Waals surface area (Å²) >= 11 is 6.07. The molecule has 2 unspecified atom stereocenters. The van der Waals surface area contributed by atoms with Crippen molar-refractivity contribution in [3.05, 3.63) is 58.7 Å². The highest BCUT2D eigenvalue weighted by Crippen LogP contribution is 2.42. The van der Waals surface area contributed by atoms with Crippen LogP contribution in [0.4, 0.5) is 0 Å². The van der Waals surface area contributed by atoms with E-state index in [4.69, 9.17) is 11.6 Å². The SMILES string of the molecule is C.CC1=CC(C(=O)N[C@@H](C(=O)N2CC[C@H](c3ccc(Cl)cc3)C(C)(C)C2)C(C)C)C(C)C=C1.O. The zero-order valence-corrected chi connectivity index (χ0v) is 21.4. The van der Waals surface area contributed by atoms with Gasteiger partial charge in [-0.2, -0.15) is 0 Å². The molecule has 2 aliphatic rings. The van der Waals surface area contributed by atoms with Crippen LogP contribution in [0.25, 0.3) is 0 Å². The molecule has 1 saturated heterocycles. The first kappa shape index (κ1) is 29.9. The van der Waals surface area contributed by atoms with Gasteiger partial charge in [-0.15, -0.1) is 0 Å². The number of allylic oxidation sites excluding steroid dienone is 3. The van der Waals surface area contributed by atoms with Crippen molar-refractivity contribution in [1.29, 1.82) is 0 Å². The second-order valence-electron chi connectivity index (χ2n) is 10.5. The van der Waals surface area contributed by atoms with Crippen molar-refractivity contribution in [2.24, 2.45) is 23.2 Å². The Morgan fingerprint density at radius 3 is 2.35 bits per heavy atom. The lowest BCUT2D eigenvalue weighted by molar-refractivity contribution is -0.141. The minimum atomic E-state index is -0.516. The number of benzene rings is 1. The Morgan fingerprint density at radius 2 is 1.79 bits per heavy atom. The standard InChI is InChI=1S/C27H37ClN2O2.CH4.H2O/c1-17(2)24(29-25(31)22-15-18(3)7-8-19(22)4)26(32)30-14-13-23(27(5,6)16-30)20-9-11-21(28)12-10-20;;/h7-12,15,17,19,22-24H,13-14,16H2,1-6H3,(H,29,31);1H4;1H2/t19?,22?,23-,24-;;/m1../s1. The summed E-state index contributed by atoms with van der Waals surface area (Å²) in [5.74, 6) is 0.220. The van der Waals surface area contributed by atoms with Crippen LogP contribution in [0.15, 0.2) is 48.1 Å². The number of hydrogen-bond acceptors (Lipinski definition) is 2. The van der Waals surface area contributed by atoms with Gasteiger partial charge in [0.05, 0.1) is 5.92 Å². The first-order valence-electron chi connectivity index (χ1n) is 11.7. The lowest BCUT2D eigenvalue weighted by Gasteiger charge is -2.46. The summed E-state index contributed by atoms with van der Waals surface area (Å²) < 4.78 is 0. The average Bonchev–Trinajstić information content (AvgIpc) is 2.73. The number of nitrogens with one attached hydrogen (secondary N) is 1. The van der Waals surface area contributed by atoms with Crippen LogP contribution in [0.1, 0.15) is 66.9 Å². The maximum absolute atomic E-state index is 13.5. The molecule has 1 fully saturated rings. The molecular formula is C28H43ClN2O3. The van der Waals surface area contributed by atoms with E-state index in [-0.39, 0.29) is 47.9 Å². The van der Waals surface area contributed by atoms with Crippen LogP contribution in [-0.2, 0) is 9.59 Å². The van der Waals surface area contributed by atoms with Gasteiger partial charge in [0.15, 0.2) is 0 Å². The number of amides is 2. The molecule has 1 aliphatic carbocycles. The van der Waals surface area contributed by atoms with Gasteiger partial charge in [-0.05, 0) is 54.2 Å². The van der Waals surface area contributed by atoms with Gasteiger partial charge in [-0.1, -0.05) is 89.6 Å². The highest BCUT2D eigenvalue weighted by Gasteiger charge is 2.41. The molecule has 3 rings (SSSR count). The molecule has 1 aliphatic heterocycles. The summed E-state index contributed by atoms with van der Waals surface area (Å²) in [5.41, 5.74) is 2.28. The smallest absolute Gasteiger partial charge is 0.245 e. The Morgan fingerprint density at radius 1 is 1.18 bits per heavy atom. The highest BCUT2D eigenvalue weighted by molar-refractivity contribution is 6.30. The number of rotatable bonds is 5. The minimum absolute atomic E-state index is 0. The minimum Gasteiger partial charge on any atom is -0.412 e. The number of hydrogen-bond donors (Lipinski definition) is 1.